The van der Waals surface area contributed by atoms with Gasteiger partial charge in [-0.1, -0.05) is 34.6 Å². The molecule has 0 atom stereocenters. The smallest absolute Gasteiger partial charge is 0.0331 e. The molecule has 0 saturated heterocycles. The first-order valence-corrected chi connectivity index (χ1v) is 6.83. The number of nitrogens with two attached hydrogens (primary N) is 2. The van der Waals surface area contributed by atoms with Crippen LogP contribution in [0.4, 0.5) is 0 Å². The first kappa shape index (κ1) is 12.1. The summed E-state index contributed by atoms with van der Waals surface area (Å²) in [6.07, 6.45) is 2.49. The highest BCUT2D eigenvalue weighted by Gasteiger charge is 1.95. The topological polar surface area (TPSA) is 52.0 Å². The van der Waals surface area contributed by atoms with Gasteiger partial charge in [-0.15, -0.1) is 0 Å². The lowest BCUT2D eigenvalue weighted by molar-refractivity contribution is 0.662. The Bertz CT molecular complexity index is 160. The van der Waals surface area contributed by atoms with Crippen LogP contribution in [0.5, 0.6) is 0 Å². The molecule has 0 bridgehead atoms. The lowest BCUT2D eigenvalue weighted by atomic mass is 10.1. The third-order valence-electron chi connectivity index (χ3n) is 1.74. The Morgan fingerprint density at radius 3 is 2.42 bits per heavy atom. The van der Waals surface area contributed by atoms with Gasteiger partial charge >= 0.3 is 0 Å². The molecule has 0 amide bonds. The van der Waals surface area contributed by atoms with Crippen LogP contribution in [0.3, 0.4) is 0 Å². The zero-order valence-corrected chi connectivity index (χ0v) is 10.0. The second-order valence-electron chi connectivity index (χ2n) is 2.72. The van der Waals surface area contributed by atoms with Gasteiger partial charge in [-0.3, -0.25) is 0 Å². The zero-order chi connectivity index (χ0) is 9.40. The molecular formula is C9H19IN2. The second kappa shape index (κ2) is 7.73. The summed E-state index contributed by atoms with van der Waals surface area (Å²) in [6, 6.07) is 0. The molecule has 0 aromatic rings. The Balaban J connectivity index is 3.88. The number of halogens is 1. The zero-order valence-electron chi connectivity index (χ0n) is 7.89. The van der Waals surface area contributed by atoms with Crippen molar-refractivity contribution in [1.82, 2.24) is 0 Å². The molecule has 0 heterocycles. The van der Waals surface area contributed by atoms with Crippen molar-refractivity contribution in [1.29, 1.82) is 0 Å². The average Bonchev–Trinajstić information content (AvgIpc) is 2.12. The molecule has 0 aromatic carbocycles. The minimum Gasteiger partial charge on any atom is -0.401 e. The third-order valence-corrected chi connectivity index (χ3v) is 4.33. The molecule has 0 rings (SSSR count). The molecule has 0 fully saturated rings. The predicted molar refractivity (Wildman–Crippen MR) is 65.5 cm³/mol. The van der Waals surface area contributed by atoms with E-state index in [9.17, 15) is 0 Å². The van der Waals surface area contributed by atoms with Gasteiger partial charge in [0.15, 0.2) is 0 Å². The van der Waals surface area contributed by atoms with Crippen molar-refractivity contribution in [2.24, 2.45) is 17.4 Å². The summed E-state index contributed by atoms with van der Waals surface area (Å²) in [6.45, 7) is 4.95. The third kappa shape index (κ3) is 5.71. The largest absolute Gasteiger partial charge is 0.401 e. The molecular weight excluding hydrogens is 263 g/mol. The Kier molecular flexibility index (Phi) is 7.80. The Labute approximate surface area is 85.1 Å². The van der Waals surface area contributed by atoms with E-state index in [1.54, 1.807) is 0 Å². The van der Waals surface area contributed by atoms with E-state index in [4.69, 9.17) is 11.5 Å². The molecule has 0 aromatic heterocycles. The van der Waals surface area contributed by atoms with Gasteiger partial charge in [-0.2, -0.15) is 0 Å². The van der Waals surface area contributed by atoms with E-state index in [1.165, 1.54) is 12.8 Å². The predicted octanol–water partition coefficient (Wildman–Crippen LogP) is 1.95. The van der Waals surface area contributed by atoms with Gasteiger partial charge in [0.25, 0.3) is 0 Å². The molecule has 0 aliphatic carbocycles. The molecule has 0 radical (unpaired) electrons. The normalized spacial score (nSPS) is 13.8. The molecule has 0 spiro atoms. The van der Waals surface area contributed by atoms with Gasteiger partial charge in [0.2, 0.25) is 0 Å². The molecule has 0 aliphatic heterocycles. The summed E-state index contributed by atoms with van der Waals surface area (Å²) in [5.41, 5.74) is 11.8. The van der Waals surface area contributed by atoms with Crippen molar-refractivity contribution < 1.29 is 0 Å². The van der Waals surface area contributed by atoms with Crippen molar-refractivity contribution >= 4 is 24.7 Å². The van der Waals surface area contributed by atoms with Crippen LogP contribution in [0.15, 0.2) is 9.78 Å². The van der Waals surface area contributed by atoms with Gasteiger partial charge < -0.3 is 11.5 Å². The van der Waals surface area contributed by atoms with E-state index in [0.717, 1.165) is 11.6 Å². The fourth-order valence-electron chi connectivity index (χ4n) is 0.732. The highest BCUT2D eigenvalue weighted by atomic mass is 127. The second-order valence-corrected chi connectivity index (χ2v) is 4.78. The standard InChI is InChI=1S/C9H19IN2/c1-3-8(4-2)5-10-6-9(12)7-11/h5-6,8H,3-4,7,11-12H2,1-2H3/b9-6+. The highest BCUT2D eigenvalue weighted by Crippen LogP contribution is 2.10. The number of hydrogen-bond donors (Lipinski definition) is 2. The fraction of sp³-hybridized carbons (Fsp3) is 0.667. The summed E-state index contributed by atoms with van der Waals surface area (Å²) >= 11 is 0.0332. The van der Waals surface area contributed by atoms with Crippen LogP contribution in [0, 0.1) is 5.92 Å². The van der Waals surface area contributed by atoms with Crippen LogP contribution in [-0.4, -0.2) is 10.6 Å². The van der Waals surface area contributed by atoms with E-state index in [1.807, 2.05) is 0 Å². The SMILES string of the molecule is CCC(C=I/C=C(/N)CN)CC. The van der Waals surface area contributed by atoms with E-state index < -0.39 is 0 Å². The molecule has 0 unspecified atom stereocenters. The molecule has 12 heavy (non-hydrogen) atoms. The molecule has 2 nitrogen and oxygen atoms in total. The van der Waals surface area contributed by atoms with Crippen LogP contribution in [0.2, 0.25) is 0 Å². The van der Waals surface area contributed by atoms with Crippen molar-refractivity contribution in [3.63, 3.8) is 0 Å². The Hall–Kier alpha value is 0.1000. The summed E-state index contributed by atoms with van der Waals surface area (Å²) in [4.78, 5) is 0. The van der Waals surface area contributed by atoms with Crippen molar-refractivity contribution in [3.05, 3.63) is 9.78 Å². The van der Waals surface area contributed by atoms with Crippen LogP contribution >= 0.6 is 20.7 Å². The molecule has 0 saturated carbocycles. The van der Waals surface area contributed by atoms with Gasteiger partial charge in [0.05, 0.1) is 0 Å². The summed E-state index contributed by atoms with van der Waals surface area (Å²) in [5, 5.41) is 0. The molecule has 0 aliphatic rings. The van der Waals surface area contributed by atoms with E-state index in [2.05, 4.69) is 21.9 Å². The highest BCUT2D eigenvalue weighted by molar-refractivity contribution is 14.2. The lowest BCUT2D eigenvalue weighted by Gasteiger charge is -2.02. The van der Waals surface area contributed by atoms with Crippen molar-refractivity contribution in [3.8, 4) is 0 Å². The first-order chi connectivity index (χ1) is 5.74. The minimum absolute atomic E-state index is 0.0332. The summed E-state index contributed by atoms with van der Waals surface area (Å²) < 4.78 is 4.53. The van der Waals surface area contributed by atoms with Crippen LogP contribution in [0.1, 0.15) is 26.7 Å². The number of hydrogen-bond acceptors (Lipinski definition) is 2. The molecule has 72 valence electrons. The first-order valence-electron chi connectivity index (χ1n) is 4.34. The van der Waals surface area contributed by atoms with E-state index in [0.29, 0.717) is 6.54 Å². The maximum atomic E-state index is 5.59. The van der Waals surface area contributed by atoms with Crippen LogP contribution < -0.4 is 11.5 Å². The number of rotatable bonds is 5. The Morgan fingerprint density at radius 1 is 1.42 bits per heavy atom. The monoisotopic (exact) mass is 282 g/mol. The summed E-state index contributed by atoms with van der Waals surface area (Å²) in [5.74, 6) is 0.777. The maximum Gasteiger partial charge on any atom is 0.0331 e. The maximum absolute atomic E-state index is 5.59. The quantitative estimate of drug-likeness (QED) is 0.757. The van der Waals surface area contributed by atoms with Crippen molar-refractivity contribution in [2.45, 2.75) is 26.7 Å². The van der Waals surface area contributed by atoms with Gasteiger partial charge in [-0.25, -0.2) is 0 Å². The summed E-state index contributed by atoms with van der Waals surface area (Å²) in [7, 11) is 0. The van der Waals surface area contributed by atoms with Crippen LogP contribution in [-0.2, 0) is 0 Å². The minimum atomic E-state index is 0.0332. The molecule has 3 heteroatoms. The van der Waals surface area contributed by atoms with Gasteiger partial charge in [0, 0.05) is 12.2 Å². The van der Waals surface area contributed by atoms with Crippen molar-refractivity contribution in [2.75, 3.05) is 6.54 Å². The van der Waals surface area contributed by atoms with E-state index >= 15 is 0 Å². The molecule has 4 N–H and O–H groups in total. The van der Waals surface area contributed by atoms with Gasteiger partial charge in [0.1, 0.15) is 0 Å². The van der Waals surface area contributed by atoms with Crippen LogP contribution in [0.25, 0.3) is 0 Å². The lowest BCUT2D eigenvalue weighted by Crippen LogP contribution is -2.09. The van der Waals surface area contributed by atoms with Gasteiger partial charge in [-0.05, 0) is 26.9 Å². The Morgan fingerprint density at radius 2 is 2.00 bits per heavy atom. The fourth-order valence-corrected chi connectivity index (χ4v) is 3.26. The average molecular weight is 282 g/mol. The van der Waals surface area contributed by atoms with E-state index in [-0.39, 0.29) is 20.7 Å².